The third-order valence-electron chi connectivity index (χ3n) is 2.92. The van der Waals surface area contributed by atoms with Gasteiger partial charge in [0, 0.05) is 10.5 Å². The number of rotatable bonds is 4. The Morgan fingerprint density at radius 3 is 2.47 bits per heavy atom. The maximum atomic E-state index is 5.67. The summed E-state index contributed by atoms with van der Waals surface area (Å²) in [7, 11) is 0. The quantitative estimate of drug-likeness (QED) is 0.649. The summed E-state index contributed by atoms with van der Waals surface area (Å²) in [6.45, 7) is 8.86. The van der Waals surface area contributed by atoms with Gasteiger partial charge in [-0.15, -0.1) is 0 Å². The van der Waals surface area contributed by atoms with E-state index in [9.17, 15) is 0 Å². The van der Waals surface area contributed by atoms with Crippen LogP contribution in [0, 0.1) is 12.3 Å². The van der Waals surface area contributed by atoms with Gasteiger partial charge in [0.25, 0.3) is 0 Å². The molecule has 3 N–H and O–H groups in total. The van der Waals surface area contributed by atoms with E-state index in [0.29, 0.717) is 5.41 Å². The van der Waals surface area contributed by atoms with Gasteiger partial charge in [0.2, 0.25) is 0 Å². The molecular weight excluding hydrogens is 276 g/mol. The van der Waals surface area contributed by atoms with E-state index in [1.165, 1.54) is 11.1 Å². The summed E-state index contributed by atoms with van der Waals surface area (Å²) in [5, 5.41) is 0. The van der Waals surface area contributed by atoms with Gasteiger partial charge in [-0.05, 0) is 42.4 Å². The summed E-state index contributed by atoms with van der Waals surface area (Å²) in [4.78, 5) is 0. The van der Waals surface area contributed by atoms with Crippen LogP contribution < -0.4 is 11.3 Å². The van der Waals surface area contributed by atoms with Crippen LogP contribution in [-0.4, -0.2) is 0 Å². The fraction of sp³-hybridized carbons (Fsp3) is 0.571. The van der Waals surface area contributed by atoms with Crippen LogP contribution in [0.4, 0.5) is 0 Å². The van der Waals surface area contributed by atoms with E-state index < -0.39 is 0 Å². The maximum absolute atomic E-state index is 5.67. The molecule has 0 aliphatic carbocycles. The first-order valence-electron chi connectivity index (χ1n) is 6.05. The Morgan fingerprint density at radius 1 is 1.35 bits per heavy atom. The third-order valence-corrected chi connectivity index (χ3v) is 3.60. The Balaban J connectivity index is 2.79. The lowest BCUT2D eigenvalue weighted by atomic mass is 9.87. The lowest BCUT2D eigenvalue weighted by Crippen LogP contribution is -2.29. The molecule has 0 spiro atoms. The topological polar surface area (TPSA) is 38.0 Å². The summed E-state index contributed by atoms with van der Waals surface area (Å²) in [5.74, 6) is 5.67. The average molecular weight is 299 g/mol. The molecule has 17 heavy (non-hydrogen) atoms. The summed E-state index contributed by atoms with van der Waals surface area (Å²) < 4.78 is 1.13. The lowest BCUT2D eigenvalue weighted by Gasteiger charge is -2.23. The molecule has 0 saturated heterocycles. The van der Waals surface area contributed by atoms with Crippen molar-refractivity contribution in [2.24, 2.45) is 11.3 Å². The molecule has 0 bridgehead atoms. The van der Waals surface area contributed by atoms with E-state index in [1.807, 2.05) is 0 Å². The number of nitrogens with two attached hydrogens (primary N) is 1. The van der Waals surface area contributed by atoms with E-state index in [4.69, 9.17) is 5.84 Å². The van der Waals surface area contributed by atoms with Crippen LogP contribution in [0.2, 0.25) is 0 Å². The molecule has 2 nitrogen and oxygen atoms in total. The number of aryl methyl sites for hydroxylation is 1. The maximum Gasteiger partial charge on any atom is 0.0471 e. The fourth-order valence-electron chi connectivity index (χ4n) is 1.82. The van der Waals surface area contributed by atoms with Gasteiger partial charge in [-0.25, -0.2) is 0 Å². The summed E-state index contributed by atoms with van der Waals surface area (Å²) in [6.07, 6.45) is 2.18. The minimum atomic E-state index is 0.212. The number of benzene rings is 1. The van der Waals surface area contributed by atoms with E-state index in [1.54, 1.807) is 0 Å². The Morgan fingerprint density at radius 2 is 2.00 bits per heavy atom. The van der Waals surface area contributed by atoms with Gasteiger partial charge >= 0.3 is 0 Å². The van der Waals surface area contributed by atoms with Crippen LogP contribution in [0.1, 0.15) is 50.8 Å². The van der Waals surface area contributed by atoms with Gasteiger partial charge in [0.05, 0.1) is 0 Å². The zero-order valence-corrected chi connectivity index (χ0v) is 12.8. The molecule has 0 aliphatic rings. The van der Waals surface area contributed by atoms with Crippen LogP contribution in [0.25, 0.3) is 0 Å². The van der Waals surface area contributed by atoms with Gasteiger partial charge in [-0.2, -0.15) is 0 Å². The zero-order valence-electron chi connectivity index (χ0n) is 11.2. The van der Waals surface area contributed by atoms with Crippen LogP contribution in [0.15, 0.2) is 22.7 Å². The molecule has 3 heteroatoms. The number of hydrogen-bond donors (Lipinski definition) is 2. The Hall–Kier alpha value is -0.380. The lowest BCUT2D eigenvalue weighted by molar-refractivity contribution is 0.333. The van der Waals surface area contributed by atoms with Gasteiger partial charge in [-0.1, -0.05) is 48.8 Å². The van der Waals surface area contributed by atoms with Crippen molar-refractivity contribution in [3.05, 3.63) is 33.8 Å². The van der Waals surface area contributed by atoms with Crippen molar-refractivity contribution >= 4 is 15.9 Å². The van der Waals surface area contributed by atoms with Crippen molar-refractivity contribution < 1.29 is 0 Å². The van der Waals surface area contributed by atoms with Gasteiger partial charge < -0.3 is 0 Å². The van der Waals surface area contributed by atoms with Crippen molar-refractivity contribution in [3.8, 4) is 0 Å². The highest BCUT2D eigenvalue weighted by Crippen LogP contribution is 2.31. The molecule has 1 atom stereocenters. The predicted octanol–water partition coefficient (Wildman–Crippen LogP) is 4.09. The molecule has 0 fully saturated rings. The first-order chi connectivity index (χ1) is 7.83. The third kappa shape index (κ3) is 4.78. The molecule has 1 rings (SSSR count). The second kappa shape index (κ2) is 5.98. The zero-order chi connectivity index (χ0) is 13.1. The molecule has 1 aromatic carbocycles. The standard InChI is InChI=1S/C14H23BrN2/c1-10-5-6-11(12(15)9-10)13(17-16)7-8-14(2,3)4/h5-6,9,13,17H,7-8,16H2,1-4H3. The van der Waals surface area contributed by atoms with E-state index in [0.717, 1.165) is 17.3 Å². The molecular formula is C14H23BrN2. The second-order valence-electron chi connectivity index (χ2n) is 5.84. The summed E-state index contributed by atoms with van der Waals surface area (Å²) in [5.41, 5.74) is 5.76. The number of halogens is 1. The highest BCUT2D eigenvalue weighted by Gasteiger charge is 2.17. The van der Waals surface area contributed by atoms with E-state index in [-0.39, 0.29) is 6.04 Å². The molecule has 0 amide bonds. The van der Waals surface area contributed by atoms with E-state index >= 15 is 0 Å². The highest BCUT2D eigenvalue weighted by molar-refractivity contribution is 9.10. The van der Waals surface area contributed by atoms with Crippen LogP contribution in [0.3, 0.4) is 0 Å². The van der Waals surface area contributed by atoms with Gasteiger partial charge in [0.15, 0.2) is 0 Å². The molecule has 0 saturated carbocycles. The minimum Gasteiger partial charge on any atom is -0.271 e. The van der Waals surface area contributed by atoms with Crippen LogP contribution >= 0.6 is 15.9 Å². The number of nitrogens with one attached hydrogen (secondary N) is 1. The van der Waals surface area contributed by atoms with Gasteiger partial charge in [-0.3, -0.25) is 11.3 Å². The monoisotopic (exact) mass is 298 g/mol. The molecule has 0 aliphatic heterocycles. The second-order valence-corrected chi connectivity index (χ2v) is 6.70. The molecule has 1 aromatic rings. The first-order valence-corrected chi connectivity index (χ1v) is 6.85. The van der Waals surface area contributed by atoms with Crippen molar-refractivity contribution in [1.29, 1.82) is 0 Å². The van der Waals surface area contributed by atoms with Crippen molar-refractivity contribution in [1.82, 2.24) is 5.43 Å². The fourth-order valence-corrected chi connectivity index (χ4v) is 2.59. The largest absolute Gasteiger partial charge is 0.271 e. The number of hydrogen-bond acceptors (Lipinski definition) is 2. The predicted molar refractivity (Wildman–Crippen MR) is 77.6 cm³/mol. The van der Waals surface area contributed by atoms with Crippen molar-refractivity contribution in [3.63, 3.8) is 0 Å². The van der Waals surface area contributed by atoms with Gasteiger partial charge in [0.1, 0.15) is 0 Å². The SMILES string of the molecule is Cc1ccc(C(CCC(C)(C)C)NN)c(Br)c1. The molecule has 0 heterocycles. The average Bonchev–Trinajstić information content (AvgIpc) is 2.19. The minimum absolute atomic E-state index is 0.212. The molecule has 0 radical (unpaired) electrons. The molecule has 0 aromatic heterocycles. The summed E-state index contributed by atoms with van der Waals surface area (Å²) >= 11 is 3.61. The smallest absolute Gasteiger partial charge is 0.0471 e. The Bertz CT molecular complexity index is 369. The highest BCUT2D eigenvalue weighted by atomic mass is 79.9. The van der Waals surface area contributed by atoms with Crippen LogP contribution in [-0.2, 0) is 0 Å². The molecule has 1 unspecified atom stereocenters. The van der Waals surface area contributed by atoms with Crippen molar-refractivity contribution in [2.75, 3.05) is 0 Å². The van der Waals surface area contributed by atoms with Crippen LogP contribution in [0.5, 0.6) is 0 Å². The molecule has 96 valence electrons. The van der Waals surface area contributed by atoms with E-state index in [2.05, 4.69) is 67.2 Å². The number of hydrazine groups is 1. The Kier molecular flexibility index (Phi) is 5.17. The first kappa shape index (κ1) is 14.7. The van der Waals surface area contributed by atoms with Crippen molar-refractivity contribution in [2.45, 2.75) is 46.6 Å². The summed E-state index contributed by atoms with van der Waals surface area (Å²) in [6, 6.07) is 6.62. The normalized spacial score (nSPS) is 13.8. The Labute approximate surface area is 113 Å².